The molecule has 1 aromatic rings. The second kappa shape index (κ2) is 10.3. The summed E-state index contributed by atoms with van der Waals surface area (Å²) in [5.74, 6) is -1.93. The van der Waals surface area contributed by atoms with Gasteiger partial charge < -0.3 is 19.5 Å². The zero-order valence-corrected chi connectivity index (χ0v) is 15.2. The van der Waals surface area contributed by atoms with Crippen molar-refractivity contribution in [1.29, 1.82) is 0 Å². The molecule has 24 heavy (non-hydrogen) atoms. The topological polar surface area (TPSA) is 41.9 Å². The summed E-state index contributed by atoms with van der Waals surface area (Å²) in [6.45, 7) is 2.99. The van der Waals surface area contributed by atoms with Crippen molar-refractivity contribution < 1.29 is 23.4 Å². The Hall–Kier alpha value is -0.760. The summed E-state index contributed by atoms with van der Waals surface area (Å²) >= 11 is 3.01. The number of ether oxygens (including phenoxy) is 2. The highest BCUT2D eigenvalue weighted by Gasteiger charge is 2.14. The number of aliphatic hydroxyl groups is 1. The van der Waals surface area contributed by atoms with Crippen molar-refractivity contribution in [2.45, 2.75) is 31.8 Å². The Balaban J connectivity index is 1.62. The van der Waals surface area contributed by atoms with E-state index < -0.39 is 23.5 Å². The monoisotopic (exact) mass is 407 g/mol. The maximum absolute atomic E-state index is 13.6. The highest BCUT2D eigenvalue weighted by atomic mass is 79.9. The van der Waals surface area contributed by atoms with Gasteiger partial charge in [0.1, 0.15) is 6.61 Å². The van der Waals surface area contributed by atoms with E-state index in [1.165, 1.54) is 25.7 Å². The highest BCUT2D eigenvalue weighted by Crippen LogP contribution is 2.25. The molecule has 1 N–H and O–H groups in total. The maximum Gasteiger partial charge on any atom is 0.190 e. The van der Waals surface area contributed by atoms with E-state index in [0.717, 1.165) is 25.2 Å². The molecule has 0 radical (unpaired) electrons. The number of halogens is 3. The molecule has 136 valence electrons. The summed E-state index contributed by atoms with van der Waals surface area (Å²) in [5, 5.41) is 10.00. The largest absolute Gasteiger partial charge is 0.485 e. The van der Waals surface area contributed by atoms with E-state index >= 15 is 0 Å². The van der Waals surface area contributed by atoms with Crippen LogP contribution in [-0.4, -0.2) is 55.6 Å². The lowest BCUT2D eigenvalue weighted by molar-refractivity contribution is 0.00771. The SMILES string of the molecule is OC(COCCOc1c(F)cc(Br)cc1F)CN1CCCCCC1. The summed E-state index contributed by atoms with van der Waals surface area (Å²) in [5.41, 5.74) is 0. The molecule has 7 heteroatoms. The van der Waals surface area contributed by atoms with Gasteiger partial charge in [0.2, 0.25) is 0 Å². The second-order valence-corrected chi connectivity index (χ2v) is 6.91. The third-order valence-electron chi connectivity index (χ3n) is 3.91. The normalized spacial score (nSPS) is 17.5. The van der Waals surface area contributed by atoms with Gasteiger partial charge >= 0.3 is 0 Å². The smallest absolute Gasteiger partial charge is 0.190 e. The number of likely N-dealkylation sites (tertiary alicyclic amines) is 1. The number of hydrogen-bond acceptors (Lipinski definition) is 4. The van der Waals surface area contributed by atoms with Gasteiger partial charge in [0.25, 0.3) is 0 Å². The third-order valence-corrected chi connectivity index (χ3v) is 4.37. The fraction of sp³-hybridized carbons (Fsp3) is 0.647. The van der Waals surface area contributed by atoms with Gasteiger partial charge in [-0.25, -0.2) is 8.78 Å². The van der Waals surface area contributed by atoms with Gasteiger partial charge in [-0.05, 0) is 38.1 Å². The zero-order valence-electron chi connectivity index (χ0n) is 13.6. The molecule has 1 aliphatic rings. The molecule has 0 aliphatic carbocycles. The first-order chi connectivity index (χ1) is 11.6. The fourth-order valence-electron chi connectivity index (χ4n) is 2.76. The summed E-state index contributed by atoms with van der Waals surface area (Å²) in [4.78, 5) is 2.25. The zero-order chi connectivity index (χ0) is 17.4. The number of β-amino-alcohol motifs (C(OH)–C–C–N with tert-alkyl or cyclic N) is 1. The molecule has 1 atom stereocenters. The van der Waals surface area contributed by atoms with Crippen LogP contribution in [0.5, 0.6) is 5.75 Å². The first-order valence-corrected chi connectivity index (χ1v) is 9.11. The first kappa shape index (κ1) is 19.6. The van der Waals surface area contributed by atoms with E-state index in [-0.39, 0.29) is 19.8 Å². The lowest BCUT2D eigenvalue weighted by atomic mass is 10.2. The molecular weight excluding hydrogens is 384 g/mol. The van der Waals surface area contributed by atoms with Crippen molar-refractivity contribution in [3.8, 4) is 5.75 Å². The molecule has 1 aromatic carbocycles. The van der Waals surface area contributed by atoms with Crippen molar-refractivity contribution in [1.82, 2.24) is 4.90 Å². The molecular formula is C17H24BrF2NO3. The summed E-state index contributed by atoms with van der Waals surface area (Å²) in [6.07, 6.45) is 4.29. The highest BCUT2D eigenvalue weighted by molar-refractivity contribution is 9.10. The quantitative estimate of drug-likeness (QED) is 0.670. The molecule has 0 spiro atoms. The molecule has 0 amide bonds. The number of nitrogens with zero attached hydrogens (tertiary/aromatic N) is 1. The Morgan fingerprint density at radius 1 is 1.08 bits per heavy atom. The van der Waals surface area contributed by atoms with Crippen LogP contribution in [0.25, 0.3) is 0 Å². The van der Waals surface area contributed by atoms with Crippen molar-refractivity contribution in [2.75, 3.05) is 39.5 Å². The van der Waals surface area contributed by atoms with Crippen LogP contribution in [0.3, 0.4) is 0 Å². The Kier molecular flexibility index (Phi) is 8.38. The van der Waals surface area contributed by atoms with E-state index in [1.807, 2.05) is 0 Å². The second-order valence-electron chi connectivity index (χ2n) is 5.99. The molecule has 0 bridgehead atoms. The van der Waals surface area contributed by atoms with E-state index in [2.05, 4.69) is 20.8 Å². The molecule has 1 saturated heterocycles. The Bertz CT molecular complexity index is 488. The summed E-state index contributed by atoms with van der Waals surface area (Å²) in [6, 6.07) is 2.29. The van der Waals surface area contributed by atoms with Crippen molar-refractivity contribution in [2.24, 2.45) is 0 Å². The fourth-order valence-corrected chi connectivity index (χ4v) is 3.16. The molecule has 1 fully saturated rings. The van der Waals surface area contributed by atoms with Crippen LogP contribution in [0, 0.1) is 11.6 Å². The predicted molar refractivity (Wildman–Crippen MR) is 91.3 cm³/mol. The molecule has 1 unspecified atom stereocenters. The first-order valence-electron chi connectivity index (χ1n) is 8.32. The standard InChI is InChI=1S/C17H24BrF2NO3/c18-13-9-15(19)17(16(20)10-13)24-8-7-23-12-14(22)11-21-5-3-1-2-4-6-21/h9-10,14,22H,1-8,11-12H2. The van der Waals surface area contributed by atoms with Crippen LogP contribution in [-0.2, 0) is 4.74 Å². The minimum absolute atomic E-state index is 0.0197. The molecule has 4 nitrogen and oxygen atoms in total. The van der Waals surface area contributed by atoms with Crippen molar-refractivity contribution >= 4 is 15.9 Å². The average molecular weight is 408 g/mol. The van der Waals surface area contributed by atoms with Crippen LogP contribution in [0.2, 0.25) is 0 Å². The van der Waals surface area contributed by atoms with Gasteiger partial charge in [0, 0.05) is 11.0 Å². The van der Waals surface area contributed by atoms with Crippen molar-refractivity contribution in [3.63, 3.8) is 0 Å². The predicted octanol–water partition coefficient (Wildman–Crippen LogP) is 3.36. The van der Waals surface area contributed by atoms with Crippen molar-refractivity contribution in [3.05, 3.63) is 28.2 Å². The number of aliphatic hydroxyl groups excluding tert-OH is 1. The van der Waals surface area contributed by atoms with Gasteiger partial charge in [-0.1, -0.05) is 28.8 Å². The van der Waals surface area contributed by atoms with Crippen LogP contribution in [0.15, 0.2) is 16.6 Å². The molecule has 2 rings (SSSR count). The minimum atomic E-state index is -0.761. The Morgan fingerprint density at radius 2 is 1.71 bits per heavy atom. The number of hydrogen-bond donors (Lipinski definition) is 1. The maximum atomic E-state index is 13.6. The lowest BCUT2D eigenvalue weighted by Crippen LogP contribution is -2.35. The molecule has 1 aliphatic heterocycles. The van der Waals surface area contributed by atoms with Crippen LogP contribution < -0.4 is 4.74 Å². The molecule has 0 aromatic heterocycles. The van der Waals surface area contributed by atoms with E-state index in [9.17, 15) is 13.9 Å². The van der Waals surface area contributed by atoms with Gasteiger partial charge in [-0.2, -0.15) is 0 Å². The molecule has 0 saturated carbocycles. The Labute approximate surface area is 149 Å². The number of rotatable bonds is 8. The molecule has 1 heterocycles. The number of benzene rings is 1. The summed E-state index contributed by atoms with van der Waals surface area (Å²) < 4.78 is 37.9. The van der Waals surface area contributed by atoms with E-state index in [4.69, 9.17) is 9.47 Å². The van der Waals surface area contributed by atoms with Gasteiger partial charge in [0.05, 0.1) is 19.3 Å². The Morgan fingerprint density at radius 3 is 2.33 bits per heavy atom. The average Bonchev–Trinajstić information content (AvgIpc) is 2.77. The van der Waals surface area contributed by atoms with Crippen LogP contribution in [0.1, 0.15) is 25.7 Å². The lowest BCUT2D eigenvalue weighted by Gasteiger charge is -2.23. The van der Waals surface area contributed by atoms with E-state index in [1.54, 1.807) is 0 Å². The third kappa shape index (κ3) is 6.63. The van der Waals surface area contributed by atoms with Crippen LogP contribution in [0.4, 0.5) is 8.78 Å². The van der Waals surface area contributed by atoms with Gasteiger partial charge in [-0.3, -0.25) is 0 Å². The van der Waals surface area contributed by atoms with Gasteiger partial charge in [0.15, 0.2) is 17.4 Å². The minimum Gasteiger partial charge on any atom is -0.485 e. The van der Waals surface area contributed by atoms with Crippen LogP contribution >= 0.6 is 15.9 Å². The summed E-state index contributed by atoms with van der Waals surface area (Å²) in [7, 11) is 0. The van der Waals surface area contributed by atoms with E-state index in [0.29, 0.717) is 11.0 Å². The van der Waals surface area contributed by atoms with Gasteiger partial charge in [-0.15, -0.1) is 0 Å².